The second-order valence-electron chi connectivity index (χ2n) is 4.87. The Balaban J connectivity index is 3.01. The van der Waals surface area contributed by atoms with Crippen molar-refractivity contribution in [1.29, 1.82) is 0 Å². The molecule has 0 bridgehead atoms. The summed E-state index contributed by atoms with van der Waals surface area (Å²) in [6, 6.07) is 4.46. The highest BCUT2D eigenvalue weighted by Gasteiger charge is 2.23. The molecule has 0 radical (unpaired) electrons. The summed E-state index contributed by atoms with van der Waals surface area (Å²) in [5, 5.41) is 3.15. The summed E-state index contributed by atoms with van der Waals surface area (Å²) in [6.45, 7) is 8.08. The number of sulfonamides is 1. The van der Waals surface area contributed by atoms with Gasteiger partial charge >= 0.3 is 0 Å². The Hall–Kier alpha value is -1.24. The smallest absolute Gasteiger partial charge is 0.246 e. The largest absolute Gasteiger partial charge is 0.310 e. The van der Waals surface area contributed by atoms with Crippen LogP contribution in [0.4, 0.5) is 4.39 Å². The number of nitrogens with one attached hydrogen (secondary N) is 1. The molecule has 0 heterocycles. The number of likely N-dealkylation sites (N-methyl/N-ethyl adjacent to an activating group) is 1. The molecule has 0 atom stereocenters. The summed E-state index contributed by atoms with van der Waals surface area (Å²) < 4.78 is 39.4. The Kier molecular flexibility index (Phi) is 5.86. The van der Waals surface area contributed by atoms with E-state index in [9.17, 15) is 12.8 Å². The highest BCUT2D eigenvalue weighted by atomic mass is 32.2. The molecule has 0 saturated carbocycles. The van der Waals surface area contributed by atoms with Crippen molar-refractivity contribution in [2.75, 3.05) is 13.6 Å². The van der Waals surface area contributed by atoms with Gasteiger partial charge in [0.15, 0.2) is 0 Å². The van der Waals surface area contributed by atoms with E-state index < -0.39 is 15.8 Å². The summed E-state index contributed by atoms with van der Waals surface area (Å²) in [5.41, 5.74) is 0.710. The normalized spacial score (nSPS) is 12.1. The van der Waals surface area contributed by atoms with Gasteiger partial charge in [0, 0.05) is 26.2 Å². The van der Waals surface area contributed by atoms with Gasteiger partial charge in [0.2, 0.25) is 10.0 Å². The molecule has 0 unspecified atom stereocenters. The Morgan fingerprint density at radius 2 is 2.10 bits per heavy atom. The van der Waals surface area contributed by atoms with Crippen LogP contribution in [0.3, 0.4) is 0 Å². The van der Waals surface area contributed by atoms with E-state index in [1.165, 1.54) is 25.3 Å². The van der Waals surface area contributed by atoms with Gasteiger partial charge in [-0.1, -0.05) is 26.0 Å². The van der Waals surface area contributed by atoms with Gasteiger partial charge < -0.3 is 5.32 Å². The molecule has 6 heteroatoms. The van der Waals surface area contributed by atoms with E-state index in [1.807, 2.05) is 13.8 Å². The second kappa shape index (κ2) is 6.97. The van der Waals surface area contributed by atoms with Gasteiger partial charge in [0.05, 0.1) is 0 Å². The zero-order valence-corrected chi connectivity index (χ0v) is 12.9. The van der Waals surface area contributed by atoms with Gasteiger partial charge in [-0.25, -0.2) is 12.8 Å². The van der Waals surface area contributed by atoms with Crippen molar-refractivity contribution in [3.63, 3.8) is 0 Å². The van der Waals surface area contributed by atoms with Crippen LogP contribution in [0.1, 0.15) is 19.4 Å². The lowest BCUT2D eigenvalue weighted by Crippen LogP contribution is -2.28. The van der Waals surface area contributed by atoms with Crippen molar-refractivity contribution in [2.45, 2.75) is 31.3 Å². The number of halogens is 1. The minimum atomic E-state index is -3.81. The van der Waals surface area contributed by atoms with E-state index >= 15 is 0 Å². The van der Waals surface area contributed by atoms with E-state index in [-0.39, 0.29) is 17.5 Å². The van der Waals surface area contributed by atoms with E-state index in [0.29, 0.717) is 12.1 Å². The Bertz CT molecular complexity index is 571. The third-order valence-corrected chi connectivity index (χ3v) is 4.64. The molecule has 4 nitrogen and oxygen atoms in total. The maximum Gasteiger partial charge on any atom is 0.246 e. The van der Waals surface area contributed by atoms with Crippen LogP contribution in [-0.4, -0.2) is 32.4 Å². The first-order valence-corrected chi connectivity index (χ1v) is 7.82. The fraction of sp³-hybridized carbons (Fsp3) is 0.429. The molecular formula is C14H21FN2O2S. The highest BCUT2D eigenvalue weighted by molar-refractivity contribution is 7.89. The van der Waals surface area contributed by atoms with E-state index in [1.54, 1.807) is 6.07 Å². The van der Waals surface area contributed by atoms with E-state index in [0.717, 1.165) is 4.31 Å². The minimum absolute atomic E-state index is 0.137. The number of benzene rings is 1. The van der Waals surface area contributed by atoms with Crippen molar-refractivity contribution in [3.05, 3.63) is 42.2 Å². The first-order valence-electron chi connectivity index (χ1n) is 6.38. The van der Waals surface area contributed by atoms with Gasteiger partial charge in [-0.15, -0.1) is 6.58 Å². The Morgan fingerprint density at radius 3 is 2.60 bits per heavy atom. The maximum absolute atomic E-state index is 14.0. The lowest BCUT2D eigenvalue weighted by atomic mass is 10.2. The zero-order valence-electron chi connectivity index (χ0n) is 12.1. The van der Waals surface area contributed by atoms with Crippen molar-refractivity contribution in [2.24, 2.45) is 0 Å². The molecule has 0 aliphatic carbocycles. The van der Waals surface area contributed by atoms with Crippen LogP contribution >= 0.6 is 0 Å². The third-order valence-electron chi connectivity index (χ3n) is 2.79. The van der Waals surface area contributed by atoms with Crippen LogP contribution < -0.4 is 5.32 Å². The van der Waals surface area contributed by atoms with Crippen LogP contribution in [0.15, 0.2) is 35.7 Å². The van der Waals surface area contributed by atoms with Crippen LogP contribution in [0.25, 0.3) is 0 Å². The number of hydrogen-bond acceptors (Lipinski definition) is 3. The maximum atomic E-state index is 14.0. The van der Waals surface area contributed by atoms with Crippen molar-refractivity contribution >= 4 is 10.0 Å². The number of nitrogens with zero attached hydrogens (tertiary/aromatic N) is 1. The van der Waals surface area contributed by atoms with Crippen LogP contribution in [0, 0.1) is 5.82 Å². The molecule has 1 rings (SSSR count). The minimum Gasteiger partial charge on any atom is -0.310 e. The standard InChI is InChI=1S/C14H21FN2O2S/c1-5-8-17(4)20(18,19)14-7-6-12(9-13(14)15)10-16-11(2)3/h5-7,9,11,16H,1,8,10H2,2-4H3. The second-order valence-corrected chi connectivity index (χ2v) is 6.89. The van der Waals surface area contributed by atoms with Gasteiger partial charge in [-0.05, 0) is 17.7 Å². The molecular weight excluding hydrogens is 279 g/mol. The lowest BCUT2D eigenvalue weighted by Gasteiger charge is -2.16. The topological polar surface area (TPSA) is 49.4 Å². The van der Waals surface area contributed by atoms with Crippen molar-refractivity contribution in [1.82, 2.24) is 9.62 Å². The van der Waals surface area contributed by atoms with E-state index in [4.69, 9.17) is 0 Å². The number of hydrogen-bond donors (Lipinski definition) is 1. The molecule has 0 fully saturated rings. The Labute approximate surface area is 120 Å². The highest BCUT2D eigenvalue weighted by Crippen LogP contribution is 2.19. The third kappa shape index (κ3) is 4.13. The predicted octanol–water partition coefficient (Wildman–Crippen LogP) is 2.13. The molecule has 1 N–H and O–H groups in total. The van der Waals surface area contributed by atoms with Crippen molar-refractivity contribution in [3.8, 4) is 0 Å². The van der Waals surface area contributed by atoms with Gasteiger partial charge in [0.25, 0.3) is 0 Å². The fourth-order valence-electron chi connectivity index (χ4n) is 1.63. The molecule has 20 heavy (non-hydrogen) atoms. The van der Waals surface area contributed by atoms with Crippen LogP contribution in [-0.2, 0) is 16.6 Å². The monoisotopic (exact) mass is 300 g/mol. The summed E-state index contributed by atoms with van der Waals surface area (Å²) in [5.74, 6) is -0.732. The van der Waals surface area contributed by atoms with Crippen LogP contribution in [0.2, 0.25) is 0 Å². The first-order chi connectivity index (χ1) is 9.28. The summed E-state index contributed by atoms with van der Waals surface area (Å²) in [6.07, 6.45) is 1.45. The van der Waals surface area contributed by atoms with Gasteiger partial charge in [-0.2, -0.15) is 4.31 Å². The quantitative estimate of drug-likeness (QED) is 0.785. The summed E-state index contributed by atoms with van der Waals surface area (Å²) >= 11 is 0. The average Bonchev–Trinajstić information content (AvgIpc) is 2.36. The predicted molar refractivity (Wildman–Crippen MR) is 78.4 cm³/mol. The zero-order chi connectivity index (χ0) is 15.3. The van der Waals surface area contributed by atoms with Gasteiger partial charge in [-0.3, -0.25) is 0 Å². The van der Waals surface area contributed by atoms with Crippen molar-refractivity contribution < 1.29 is 12.8 Å². The fourth-order valence-corrected chi connectivity index (χ4v) is 2.82. The number of rotatable bonds is 7. The van der Waals surface area contributed by atoms with Crippen LogP contribution in [0.5, 0.6) is 0 Å². The first kappa shape index (κ1) is 16.8. The van der Waals surface area contributed by atoms with E-state index in [2.05, 4.69) is 11.9 Å². The molecule has 0 saturated heterocycles. The van der Waals surface area contributed by atoms with Gasteiger partial charge in [0.1, 0.15) is 10.7 Å². The summed E-state index contributed by atoms with van der Waals surface area (Å²) in [7, 11) is -2.42. The molecule has 0 aliphatic heterocycles. The molecule has 1 aromatic carbocycles. The molecule has 0 aliphatic rings. The lowest BCUT2D eigenvalue weighted by molar-refractivity contribution is 0.488. The molecule has 0 spiro atoms. The SMILES string of the molecule is C=CCN(C)S(=O)(=O)c1ccc(CNC(C)C)cc1F. The molecule has 0 aromatic heterocycles. The Morgan fingerprint density at radius 1 is 1.45 bits per heavy atom. The molecule has 0 amide bonds. The molecule has 1 aromatic rings. The molecule has 112 valence electrons. The summed E-state index contributed by atoms with van der Waals surface area (Å²) in [4.78, 5) is -0.310. The average molecular weight is 300 g/mol.